The molecule has 0 fully saturated rings. The van der Waals surface area contributed by atoms with Crippen LogP contribution in [0.1, 0.15) is 55.4 Å². The van der Waals surface area contributed by atoms with Crippen LogP contribution >= 0.6 is 0 Å². The predicted molar refractivity (Wildman–Crippen MR) is 100 cm³/mol. The van der Waals surface area contributed by atoms with Crippen molar-refractivity contribution < 1.29 is 18.7 Å². The summed E-state index contributed by atoms with van der Waals surface area (Å²) in [6, 6.07) is 7.26. The Morgan fingerprint density at radius 3 is 2.42 bits per heavy atom. The number of rotatable bonds is 9. The Balaban J connectivity index is 2.25. The van der Waals surface area contributed by atoms with Gasteiger partial charge in [0.15, 0.2) is 11.5 Å². The predicted octanol–water partition coefficient (Wildman–Crippen LogP) is 3.66. The van der Waals surface area contributed by atoms with Crippen LogP contribution in [0.2, 0.25) is 0 Å². The van der Waals surface area contributed by atoms with E-state index in [2.05, 4.69) is 19.2 Å². The summed E-state index contributed by atoms with van der Waals surface area (Å²) >= 11 is 0. The van der Waals surface area contributed by atoms with Crippen molar-refractivity contribution >= 4 is 5.91 Å². The van der Waals surface area contributed by atoms with Crippen LogP contribution < -0.4 is 20.5 Å². The second kappa shape index (κ2) is 9.29. The van der Waals surface area contributed by atoms with E-state index < -0.39 is 0 Å². The zero-order chi connectivity index (χ0) is 19.1. The number of benzene rings is 1. The van der Waals surface area contributed by atoms with Crippen LogP contribution in [-0.2, 0) is 6.54 Å². The summed E-state index contributed by atoms with van der Waals surface area (Å²) in [5, 5.41) is 3.07. The third kappa shape index (κ3) is 4.79. The van der Waals surface area contributed by atoms with Crippen molar-refractivity contribution in [3.63, 3.8) is 0 Å². The normalized spacial score (nSPS) is 12.1. The quantitative estimate of drug-likeness (QED) is 0.712. The molecular formula is C20H28N2O4. The van der Waals surface area contributed by atoms with Crippen molar-refractivity contribution in [1.82, 2.24) is 5.32 Å². The average Bonchev–Trinajstić information content (AvgIpc) is 3.10. The molecule has 142 valence electrons. The van der Waals surface area contributed by atoms with Gasteiger partial charge in [-0.3, -0.25) is 4.79 Å². The van der Waals surface area contributed by atoms with Gasteiger partial charge < -0.3 is 24.9 Å². The molecule has 1 atom stereocenters. The molecule has 0 radical (unpaired) electrons. The molecule has 1 amide bonds. The van der Waals surface area contributed by atoms with Crippen molar-refractivity contribution in [2.75, 3.05) is 13.2 Å². The van der Waals surface area contributed by atoms with Gasteiger partial charge in [0.1, 0.15) is 12.0 Å². The molecular weight excluding hydrogens is 332 g/mol. The zero-order valence-corrected chi connectivity index (χ0v) is 15.9. The van der Waals surface area contributed by atoms with Crippen LogP contribution in [0.25, 0.3) is 0 Å². The van der Waals surface area contributed by atoms with Crippen molar-refractivity contribution in [1.29, 1.82) is 0 Å². The molecule has 1 aromatic carbocycles. The number of carbonyl (C=O) groups is 1. The van der Waals surface area contributed by atoms with Gasteiger partial charge in [-0.15, -0.1) is 0 Å². The fourth-order valence-electron chi connectivity index (χ4n) is 2.73. The number of nitrogens with two attached hydrogens (primary N) is 1. The summed E-state index contributed by atoms with van der Waals surface area (Å²) < 4.78 is 16.6. The lowest BCUT2D eigenvalue weighted by Crippen LogP contribution is -2.31. The third-order valence-electron chi connectivity index (χ3n) is 4.00. The first kappa shape index (κ1) is 19.8. The Morgan fingerprint density at radius 1 is 1.15 bits per heavy atom. The first-order valence-corrected chi connectivity index (χ1v) is 8.98. The molecule has 0 bridgehead atoms. The highest BCUT2D eigenvalue weighted by Gasteiger charge is 2.22. The van der Waals surface area contributed by atoms with Gasteiger partial charge in [-0.05, 0) is 43.5 Å². The van der Waals surface area contributed by atoms with Gasteiger partial charge in [-0.25, -0.2) is 0 Å². The van der Waals surface area contributed by atoms with E-state index in [1.54, 1.807) is 6.07 Å². The highest BCUT2D eigenvalue weighted by Crippen LogP contribution is 2.33. The molecule has 2 rings (SSSR count). The summed E-state index contributed by atoms with van der Waals surface area (Å²) in [5.74, 6) is 1.96. The smallest absolute Gasteiger partial charge is 0.255 e. The molecule has 0 saturated carbocycles. The topological polar surface area (TPSA) is 86.7 Å². The molecule has 26 heavy (non-hydrogen) atoms. The van der Waals surface area contributed by atoms with Gasteiger partial charge in [0.05, 0.1) is 31.4 Å². The Bertz CT molecular complexity index is 724. The summed E-state index contributed by atoms with van der Waals surface area (Å²) in [6.07, 6.45) is 1.43. The van der Waals surface area contributed by atoms with Crippen LogP contribution in [-0.4, -0.2) is 19.1 Å². The molecule has 0 aliphatic heterocycles. The van der Waals surface area contributed by atoms with E-state index in [4.69, 9.17) is 19.6 Å². The zero-order valence-electron chi connectivity index (χ0n) is 15.9. The van der Waals surface area contributed by atoms with Gasteiger partial charge in [0, 0.05) is 0 Å². The van der Waals surface area contributed by atoms with Crippen LogP contribution in [0.5, 0.6) is 11.5 Å². The number of amides is 1. The Labute approximate surface area is 154 Å². The fourth-order valence-corrected chi connectivity index (χ4v) is 2.73. The largest absolute Gasteiger partial charge is 0.490 e. The maximum Gasteiger partial charge on any atom is 0.255 e. The Hall–Kier alpha value is -2.47. The molecule has 1 unspecified atom stereocenters. The number of furan rings is 1. The molecule has 1 heterocycles. The van der Waals surface area contributed by atoms with Gasteiger partial charge in [0.25, 0.3) is 5.91 Å². The lowest BCUT2D eigenvalue weighted by atomic mass is 9.95. The maximum atomic E-state index is 12.6. The molecule has 2 aromatic rings. The molecule has 6 nitrogen and oxygen atoms in total. The lowest BCUT2D eigenvalue weighted by molar-refractivity contribution is 0.0925. The van der Waals surface area contributed by atoms with Crippen LogP contribution in [0, 0.1) is 5.92 Å². The van der Waals surface area contributed by atoms with E-state index in [1.807, 2.05) is 32.0 Å². The van der Waals surface area contributed by atoms with Crippen LogP contribution in [0.4, 0.5) is 0 Å². The van der Waals surface area contributed by atoms with Crippen molar-refractivity contribution in [3.8, 4) is 11.5 Å². The van der Waals surface area contributed by atoms with E-state index in [0.717, 1.165) is 5.56 Å². The number of nitrogens with one attached hydrogen (secondary N) is 1. The van der Waals surface area contributed by atoms with Crippen LogP contribution in [0.15, 0.2) is 34.9 Å². The summed E-state index contributed by atoms with van der Waals surface area (Å²) in [5.41, 5.74) is 6.96. The van der Waals surface area contributed by atoms with E-state index in [9.17, 15) is 4.79 Å². The number of hydrogen-bond acceptors (Lipinski definition) is 5. The number of hydrogen-bond donors (Lipinski definition) is 2. The molecule has 0 aliphatic carbocycles. The maximum absolute atomic E-state index is 12.6. The number of ether oxygens (including phenoxy) is 2. The standard InChI is InChI=1S/C20H28N2O4/c1-5-24-17-8-7-14(10-18(17)25-6-2)19(13(3)4)22-20(23)15-9-16(11-21)26-12-15/h7-10,12-13,19H,5-6,11,21H2,1-4H3,(H,22,23). The summed E-state index contributed by atoms with van der Waals surface area (Å²) in [4.78, 5) is 12.6. The van der Waals surface area contributed by atoms with E-state index in [0.29, 0.717) is 36.0 Å². The van der Waals surface area contributed by atoms with E-state index in [-0.39, 0.29) is 24.4 Å². The van der Waals surface area contributed by atoms with E-state index >= 15 is 0 Å². The Kier molecular flexibility index (Phi) is 7.09. The summed E-state index contributed by atoms with van der Waals surface area (Å²) in [7, 11) is 0. The van der Waals surface area contributed by atoms with Crippen molar-refractivity contribution in [2.45, 2.75) is 40.3 Å². The second-order valence-electron chi connectivity index (χ2n) is 6.27. The van der Waals surface area contributed by atoms with Crippen molar-refractivity contribution in [3.05, 3.63) is 47.4 Å². The Morgan fingerprint density at radius 2 is 1.85 bits per heavy atom. The SMILES string of the molecule is CCOc1ccc(C(NC(=O)c2coc(CN)c2)C(C)C)cc1OCC. The van der Waals surface area contributed by atoms with Gasteiger partial charge >= 0.3 is 0 Å². The first-order chi connectivity index (χ1) is 12.5. The molecule has 1 aromatic heterocycles. The monoisotopic (exact) mass is 360 g/mol. The highest BCUT2D eigenvalue weighted by molar-refractivity contribution is 5.94. The first-order valence-electron chi connectivity index (χ1n) is 8.98. The molecule has 6 heteroatoms. The minimum absolute atomic E-state index is 0.173. The average molecular weight is 360 g/mol. The number of carbonyl (C=O) groups excluding carboxylic acids is 1. The molecule has 0 spiro atoms. The second-order valence-corrected chi connectivity index (χ2v) is 6.27. The minimum Gasteiger partial charge on any atom is -0.490 e. The van der Waals surface area contributed by atoms with Crippen LogP contribution in [0.3, 0.4) is 0 Å². The van der Waals surface area contributed by atoms with E-state index in [1.165, 1.54) is 6.26 Å². The van der Waals surface area contributed by atoms with Gasteiger partial charge in [-0.1, -0.05) is 19.9 Å². The van der Waals surface area contributed by atoms with Gasteiger partial charge in [0.2, 0.25) is 0 Å². The van der Waals surface area contributed by atoms with Gasteiger partial charge in [-0.2, -0.15) is 0 Å². The lowest BCUT2D eigenvalue weighted by Gasteiger charge is -2.24. The third-order valence-corrected chi connectivity index (χ3v) is 4.00. The minimum atomic E-state index is -0.195. The highest BCUT2D eigenvalue weighted by atomic mass is 16.5. The molecule has 0 saturated heterocycles. The molecule has 0 aliphatic rings. The fraction of sp³-hybridized carbons (Fsp3) is 0.450. The molecule has 3 N–H and O–H groups in total. The summed E-state index contributed by atoms with van der Waals surface area (Å²) in [6.45, 7) is 9.34. The van der Waals surface area contributed by atoms with Crippen molar-refractivity contribution in [2.24, 2.45) is 11.7 Å².